The second-order valence-corrected chi connectivity index (χ2v) is 9.35. The lowest BCUT2D eigenvalue weighted by atomic mass is 10.2. The summed E-state index contributed by atoms with van der Waals surface area (Å²) in [7, 11) is -2.43. The first-order valence-electron chi connectivity index (χ1n) is 8.01. The normalized spacial score (nSPS) is 11.3. The van der Waals surface area contributed by atoms with E-state index in [4.69, 9.17) is 27.9 Å². The summed E-state index contributed by atoms with van der Waals surface area (Å²) < 4.78 is 32.3. The number of nitrogens with zero attached hydrogens (tertiary/aromatic N) is 2. The zero-order chi connectivity index (χ0) is 21.0. The van der Waals surface area contributed by atoms with Gasteiger partial charge >= 0.3 is 0 Å². The van der Waals surface area contributed by atoms with Crippen molar-refractivity contribution in [3.8, 4) is 5.75 Å². The topological polar surface area (TPSA) is 110 Å². The molecule has 0 saturated heterocycles. The van der Waals surface area contributed by atoms with E-state index in [1.54, 1.807) is 24.3 Å². The Morgan fingerprint density at radius 3 is 2.66 bits per heavy atom. The third kappa shape index (κ3) is 5.22. The van der Waals surface area contributed by atoms with Crippen LogP contribution < -0.4 is 14.8 Å². The van der Waals surface area contributed by atoms with Crippen LogP contribution in [0.1, 0.15) is 15.9 Å². The van der Waals surface area contributed by atoms with Crippen LogP contribution in [0.15, 0.2) is 46.8 Å². The van der Waals surface area contributed by atoms with E-state index in [1.807, 2.05) is 0 Å². The molecular weight excluding hydrogens is 459 g/mol. The SMILES string of the molecule is COc1ccccc1CNS(=O)(=O)c1nnc(NC(=O)c2ccc(Cl)cc2Cl)s1. The summed E-state index contributed by atoms with van der Waals surface area (Å²) in [6.45, 7) is 0.00794. The number of rotatable bonds is 7. The molecule has 1 heterocycles. The number of carbonyl (C=O) groups excluding carboxylic acids is 1. The molecule has 0 saturated carbocycles. The standard InChI is InChI=1S/C17H14Cl2N4O4S2/c1-27-14-5-3-2-4-10(14)9-20-29(25,26)17-23-22-16(28-17)21-15(24)12-7-6-11(18)8-13(12)19/h2-8,20H,9H2,1H3,(H,21,22,24). The van der Waals surface area contributed by atoms with Gasteiger partial charge in [0.15, 0.2) is 0 Å². The average Bonchev–Trinajstić information content (AvgIpc) is 3.16. The molecule has 0 fully saturated rings. The van der Waals surface area contributed by atoms with Crippen molar-refractivity contribution in [3.05, 3.63) is 63.6 Å². The molecule has 0 spiro atoms. The molecule has 3 rings (SSSR count). The molecule has 0 bridgehead atoms. The van der Waals surface area contributed by atoms with Gasteiger partial charge in [-0.2, -0.15) is 0 Å². The molecule has 8 nitrogen and oxygen atoms in total. The van der Waals surface area contributed by atoms with Crippen LogP contribution in [0.5, 0.6) is 5.75 Å². The van der Waals surface area contributed by atoms with E-state index in [1.165, 1.54) is 25.3 Å². The summed E-state index contributed by atoms with van der Waals surface area (Å²) in [6, 6.07) is 11.4. The minimum atomic E-state index is -3.93. The number of benzene rings is 2. The first-order chi connectivity index (χ1) is 13.8. The highest BCUT2D eigenvalue weighted by Crippen LogP contribution is 2.25. The second-order valence-electron chi connectivity index (χ2n) is 5.59. The fraction of sp³-hybridized carbons (Fsp3) is 0.118. The van der Waals surface area contributed by atoms with Gasteiger partial charge in [-0.25, -0.2) is 13.1 Å². The van der Waals surface area contributed by atoms with Gasteiger partial charge in [-0.05, 0) is 24.3 Å². The molecule has 152 valence electrons. The van der Waals surface area contributed by atoms with E-state index in [9.17, 15) is 13.2 Å². The summed E-state index contributed by atoms with van der Waals surface area (Å²) in [4.78, 5) is 12.3. The van der Waals surface area contributed by atoms with Gasteiger partial charge in [0.25, 0.3) is 15.9 Å². The highest BCUT2D eigenvalue weighted by Gasteiger charge is 2.22. The van der Waals surface area contributed by atoms with E-state index >= 15 is 0 Å². The van der Waals surface area contributed by atoms with Gasteiger partial charge in [-0.3, -0.25) is 10.1 Å². The predicted molar refractivity (Wildman–Crippen MR) is 111 cm³/mol. The van der Waals surface area contributed by atoms with E-state index in [2.05, 4.69) is 20.2 Å². The van der Waals surface area contributed by atoms with Gasteiger partial charge in [0.05, 0.1) is 17.7 Å². The highest BCUT2D eigenvalue weighted by molar-refractivity contribution is 7.91. The lowest BCUT2D eigenvalue weighted by molar-refractivity contribution is 0.102. The number of nitrogens with one attached hydrogen (secondary N) is 2. The first kappa shape index (κ1) is 21.5. The molecule has 2 N–H and O–H groups in total. The van der Waals surface area contributed by atoms with E-state index in [0.717, 1.165) is 0 Å². The average molecular weight is 473 g/mol. The number of amides is 1. The van der Waals surface area contributed by atoms with Crippen molar-refractivity contribution in [2.45, 2.75) is 10.9 Å². The number of anilines is 1. The Morgan fingerprint density at radius 1 is 1.17 bits per heavy atom. The maximum atomic E-state index is 12.5. The minimum Gasteiger partial charge on any atom is -0.496 e. The first-order valence-corrected chi connectivity index (χ1v) is 11.1. The Labute approximate surface area is 180 Å². The molecule has 0 atom stereocenters. The van der Waals surface area contributed by atoms with Crippen LogP contribution in [-0.2, 0) is 16.6 Å². The van der Waals surface area contributed by atoms with Crippen molar-refractivity contribution < 1.29 is 17.9 Å². The molecule has 0 aliphatic carbocycles. The predicted octanol–water partition coefficient (Wildman–Crippen LogP) is 3.58. The number of para-hydroxylation sites is 1. The van der Waals surface area contributed by atoms with E-state index < -0.39 is 15.9 Å². The van der Waals surface area contributed by atoms with E-state index in [0.29, 0.717) is 27.7 Å². The quantitative estimate of drug-likeness (QED) is 0.508. The molecule has 0 unspecified atom stereocenters. The third-order valence-electron chi connectivity index (χ3n) is 3.68. The summed E-state index contributed by atoms with van der Waals surface area (Å²) in [5.41, 5.74) is 0.832. The molecule has 0 aliphatic rings. The van der Waals surface area contributed by atoms with Crippen LogP contribution >= 0.6 is 34.5 Å². The number of methoxy groups -OCH3 is 1. The van der Waals surface area contributed by atoms with Crippen molar-refractivity contribution >= 4 is 55.6 Å². The number of ether oxygens (including phenoxy) is 1. The Bertz CT molecular complexity index is 1150. The molecule has 0 radical (unpaired) electrons. The van der Waals surface area contributed by atoms with Gasteiger partial charge in [-0.1, -0.05) is 52.7 Å². The molecule has 1 amide bonds. The second kappa shape index (κ2) is 9.06. The number of sulfonamides is 1. The van der Waals surface area contributed by atoms with Crippen LogP contribution in [0.4, 0.5) is 5.13 Å². The number of aromatic nitrogens is 2. The van der Waals surface area contributed by atoms with Crippen molar-refractivity contribution in [2.24, 2.45) is 0 Å². The largest absolute Gasteiger partial charge is 0.496 e. The zero-order valence-corrected chi connectivity index (χ0v) is 18.0. The Morgan fingerprint density at radius 2 is 1.93 bits per heavy atom. The number of hydrogen-bond acceptors (Lipinski definition) is 7. The van der Waals surface area contributed by atoms with Crippen LogP contribution in [-0.4, -0.2) is 31.6 Å². The lowest BCUT2D eigenvalue weighted by Crippen LogP contribution is -2.23. The van der Waals surface area contributed by atoms with Crippen molar-refractivity contribution in [1.82, 2.24) is 14.9 Å². The van der Waals surface area contributed by atoms with Crippen molar-refractivity contribution in [2.75, 3.05) is 12.4 Å². The summed E-state index contributed by atoms with van der Waals surface area (Å²) in [5, 5.41) is 10.4. The van der Waals surface area contributed by atoms with Crippen molar-refractivity contribution in [3.63, 3.8) is 0 Å². The number of halogens is 2. The molecule has 1 aromatic heterocycles. The lowest BCUT2D eigenvalue weighted by Gasteiger charge is -2.08. The molecule has 3 aromatic rings. The molecular formula is C17H14Cl2N4O4S2. The van der Waals surface area contributed by atoms with Crippen LogP contribution in [0.25, 0.3) is 0 Å². The maximum absolute atomic E-state index is 12.5. The Hall–Kier alpha value is -2.24. The molecule has 29 heavy (non-hydrogen) atoms. The number of carbonyl (C=O) groups is 1. The van der Waals surface area contributed by atoms with Crippen LogP contribution in [0.3, 0.4) is 0 Å². The fourth-order valence-corrected chi connectivity index (χ4v) is 4.73. The fourth-order valence-electron chi connectivity index (χ4n) is 2.29. The highest BCUT2D eigenvalue weighted by atomic mass is 35.5. The van der Waals surface area contributed by atoms with Gasteiger partial charge in [0, 0.05) is 17.1 Å². The summed E-state index contributed by atoms with van der Waals surface area (Å²) >= 11 is 12.5. The van der Waals surface area contributed by atoms with Gasteiger partial charge in [0.2, 0.25) is 9.47 Å². The van der Waals surface area contributed by atoms with Crippen molar-refractivity contribution in [1.29, 1.82) is 0 Å². The van der Waals surface area contributed by atoms with Gasteiger partial charge in [-0.15, -0.1) is 10.2 Å². The maximum Gasteiger partial charge on any atom is 0.270 e. The Kier molecular flexibility index (Phi) is 6.70. The van der Waals surface area contributed by atoms with E-state index in [-0.39, 0.29) is 26.6 Å². The van der Waals surface area contributed by atoms with Crippen LogP contribution in [0, 0.1) is 0 Å². The number of hydrogen-bond donors (Lipinski definition) is 2. The van der Waals surface area contributed by atoms with Gasteiger partial charge in [0.1, 0.15) is 5.75 Å². The smallest absolute Gasteiger partial charge is 0.270 e. The molecule has 12 heteroatoms. The Balaban J connectivity index is 1.70. The zero-order valence-electron chi connectivity index (χ0n) is 14.8. The summed E-state index contributed by atoms with van der Waals surface area (Å²) in [6.07, 6.45) is 0. The molecule has 2 aromatic carbocycles. The monoisotopic (exact) mass is 472 g/mol. The minimum absolute atomic E-state index is 0.00794. The third-order valence-corrected chi connectivity index (χ3v) is 6.83. The molecule has 0 aliphatic heterocycles. The van der Waals surface area contributed by atoms with Crippen LogP contribution in [0.2, 0.25) is 10.0 Å². The summed E-state index contributed by atoms with van der Waals surface area (Å²) in [5.74, 6) is -0.00555. The van der Waals surface area contributed by atoms with Gasteiger partial charge < -0.3 is 4.74 Å².